The lowest BCUT2D eigenvalue weighted by Crippen LogP contribution is -2.17. The van der Waals surface area contributed by atoms with Gasteiger partial charge >= 0.3 is 0 Å². The SMILES string of the molecule is COc1ccc(CCC(=O)N=c2sccn2Cc2ccc(C)cc2)cc1. The number of aromatic nitrogens is 1. The molecule has 1 heterocycles. The van der Waals surface area contributed by atoms with Crippen LogP contribution in [-0.4, -0.2) is 17.6 Å². The number of ether oxygens (including phenoxy) is 1. The van der Waals surface area contributed by atoms with Crippen LogP contribution in [0.1, 0.15) is 23.1 Å². The second-order valence-corrected chi connectivity index (χ2v) is 7.03. The molecule has 2 aromatic carbocycles. The molecule has 3 aromatic rings. The Labute approximate surface area is 157 Å². The Morgan fingerprint density at radius 2 is 1.77 bits per heavy atom. The first kappa shape index (κ1) is 18.1. The first-order valence-corrected chi connectivity index (χ1v) is 9.42. The molecule has 0 fully saturated rings. The molecule has 0 aliphatic rings. The topological polar surface area (TPSA) is 43.6 Å². The maximum atomic E-state index is 12.3. The zero-order valence-electron chi connectivity index (χ0n) is 15.0. The Hall–Kier alpha value is -2.66. The van der Waals surface area contributed by atoms with Crippen molar-refractivity contribution in [3.05, 3.63) is 81.6 Å². The molecule has 1 amide bonds. The number of hydrogen-bond donors (Lipinski definition) is 0. The van der Waals surface area contributed by atoms with Crippen LogP contribution in [0.3, 0.4) is 0 Å². The summed E-state index contributed by atoms with van der Waals surface area (Å²) in [4.78, 5) is 17.3. The van der Waals surface area contributed by atoms with E-state index in [9.17, 15) is 4.79 Å². The molecule has 0 aliphatic heterocycles. The minimum atomic E-state index is -0.0964. The van der Waals surface area contributed by atoms with Crippen molar-refractivity contribution in [1.82, 2.24) is 4.57 Å². The third-order valence-electron chi connectivity index (χ3n) is 4.14. The van der Waals surface area contributed by atoms with Gasteiger partial charge in [0.25, 0.3) is 0 Å². The summed E-state index contributed by atoms with van der Waals surface area (Å²) >= 11 is 1.49. The number of amides is 1. The number of aryl methyl sites for hydroxylation is 2. The fourth-order valence-corrected chi connectivity index (χ4v) is 3.35. The fraction of sp³-hybridized carbons (Fsp3) is 0.238. The van der Waals surface area contributed by atoms with E-state index in [0.717, 1.165) is 16.1 Å². The van der Waals surface area contributed by atoms with Crippen molar-refractivity contribution < 1.29 is 9.53 Å². The van der Waals surface area contributed by atoms with E-state index in [1.165, 1.54) is 22.5 Å². The molecule has 26 heavy (non-hydrogen) atoms. The van der Waals surface area contributed by atoms with Crippen LogP contribution in [0.15, 0.2) is 65.1 Å². The van der Waals surface area contributed by atoms with Gasteiger partial charge in [0, 0.05) is 24.5 Å². The summed E-state index contributed by atoms with van der Waals surface area (Å²) in [6.07, 6.45) is 3.05. The van der Waals surface area contributed by atoms with Crippen molar-refractivity contribution in [1.29, 1.82) is 0 Å². The van der Waals surface area contributed by atoms with E-state index < -0.39 is 0 Å². The highest BCUT2D eigenvalue weighted by Gasteiger charge is 2.04. The first-order chi connectivity index (χ1) is 12.6. The third kappa shape index (κ3) is 4.92. The minimum Gasteiger partial charge on any atom is -0.497 e. The lowest BCUT2D eigenvalue weighted by molar-refractivity contribution is -0.118. The van der Waals surface area contributed by atoms with E-state index in [-0.39, 0.29) is 5.91 Å². The van der Waals surface area contributed by atoms with Gasteiger partial charge < -0.3 is 9.30 Å². The van der Waals surface area contributed by atoms with Crippen LogP contribution < -0.4 is 9.54 Å². The predicted molar refractivity (Wildman–Crippen MR) is 104 cm³/mol. The molecule has 3 rings (SSSR count). The van der Waals surface area contributed by atoms with E-state index in [1.807, 2.05) is 40.4 Å². The van der Waals surface area contributed by atoms with Crippen LogP contribution >= 0.6 is 11.3 Å². The Balaban J connectivity index is 1.64. The van der Waals surface area contributed by atoms with E-state index in [1.54, 1.807) is 7.11 Å². The largest absolute Gasteiger partial charge is 0.497 e. The third-order valence-corrected chi connectivity index (χ3v) is 4.93. The van der Waals surface area contributed by atoms with Crippen molar-refractivity contribution in [2.24, 2.45) is 4.99 Å². The number of carbonyl (C=O) groups excluding carboxylic acids is 1. The predicted octanol–water partition coefficient (Wildman–Crippen LogP) is 3.98. The Kier molecular flexibility index (Phi) is 6.02. The minimum absolute atomic E-state index is 0.0964. The van der Waals surface area contributed by atoms with E-state index >= 15 is 0 Å². The van der Waals surface area contributed by atoms with Crippen LogP contribution in [0.2, 0.25) is 0 Å². The lowest BCUT2D eigenvalue weighted by Gasteiger charge is -2.04. The number of hydrogen-bond acceptors (Lipinski definition) is 3. The number of benzene rings is 2. The zero-order chi connectivity index (χ0) is 18.4. The maximum absolute atomic E-state index is 12.3. The molecule has 0 radical (unpaired) electrons. The summed E-state index contributed by atoms with van der Waals surface area (Å²) in [7, 11) is 1.64. The summed E-state index contributed by atoms with van der Waals surface area (Å²) in [5.41, 5.74) is 3.54. The van der Waals surface area contributed by atoms with Gasteiger partial charge in [0.2, 0.25) is 5.91 Å². The Morgan fingerprint density at radius 3 is 2.46 bits per heavy atom. The normalized spacial score (nSPS) is 11.5. The number of carbonyl (C=O) groups is 1. The molecule has 4 nitrogen and oxygen atoms in total. The Morgan fingerprint density at radius 1 is 1.08 bits per heavy atom. The van der Waals surface area contributed by atoms with Gasteiger partial charge in [-0.3, -0.25) is 4.79 Å². The van der Waals surface area contributed by atoms with Crippen LogP contribution in [0.25, 0.3) is 0 Å². The molecule has 134 valence electrons. The van der Waals surface area contributed by atoms with Crippen LogP contribution in [0.5, 0.6) is 5.75 Å². The van der Waals surface area contributed by atoms with Gasteiger partial charge in [0.15, 0.2) is 4.80 Å². The molecule has 1 aromatic heterocycles. The van der Waals surface area contributed by atoms with Crippen LogP contribution in [-0.2, 0) is 17.8 Å². The van der Waals surface area contributed by atoms with E-state index in [2.05, 4.69) is 36.2 Å². The molecule has 0 N–H and O–H groups in total. The van der Waals surface area contributed by atoms with Gasteiger partial charge in [-0.2, -0.15) is 4.99 Å². The summed E-state index contributed by atoms with van der Waals surface area (Å²) < 4.78 is 7.16. The molecule has 0 saturated heterocycles. The molecule has 5 heteroatoms. The van der Waals surface area contributed by atoms with Crippen molar-refractivity contribution in [3.63, 3.8) is 0 Å². The highest BCUT2D eigenvalue weighted by molar-refractivity contribution is 7.07. The monoisotopic (exact) mass is 366 g/mol. The average molecular weight is 366 g/mol. The average Bonchev–Trinajstić information content (AvgIpc) is 3.09. The van der Waals surface area contributed by atoms with Gasteiger partial charge in [-0.1, -0.05) is 42.0 Å². The highest BCUT2D eigenvalue weighted by Crippen LogP contribution is 2.12. The summed E-state index contributed by atoms with van der Waals surface area (Å²) in [5, 5.41) is 1.96. The second kappa shape index (κ2) is 8.63. The smallest absolute Gasteiger partial charge is 0.248 e. The number of rotatable bonds is 6. The van der Waals surface area contributed by atoms with Gasteiger partial charge in [0.1, 0.15) is 5.75 Å². The summed E-state index contributed by atoms with van der Waals surface area (Å²) in [6, 6.07) is 16.2. The fourth-order valence-electron chi connectivity index (χ4n) is 2.60. The van der Waals surface area contributed by atoms with E-state index in [0.29, 0.717) is 19.4 Å². The van der Waals surface area contributed by atoms with Crippen molar-refractivity contribution >= 4 is 17.2 Å². The lowest BCUT2D eigenvalue weighted by atomic mass is 10.1. The van der Waals surface area contributed by atoms with Gasteiger partial charge in [-0.15, -0.1) is 11.3 Å². The molecule has 0 atom stereocenters. The van der Waals surface area contributed by atoms with Crippen molar-refractivity contribution in [3.8, 4) is 5.75 Å². The second-order valence-electron chi connectivity index (χ2n) is 6.15. The molecule has 0 spiro atoms. The first-order valence-electron chi connectivity index (χ1n) is 8.54. The standard InChI is InChI=1S/C21H22N2O2S/c1-16-3-5-18(6-4-16)15-23-13-14-26-21(23)22-20(24)12-9-17-7-10-19(25-2)11-8-17/h3-8,10-11,13-14H,9,12,15H2,1-2H3. The molecule has 0 saturated carbocycles. The van der Waals surface area contributed by atoms with Gasteiger partial charge in [-0.05, 0) is 36.6 Å². The molecule has 0 aliphatic carbocycles. The molecule has 0 unspecified atom stereocenters. The Bertz CT molecular complexity index is 922. The number of methoxy groups -OCH3 is 1. The summed E-state index contributed by atoms with van der Waals surface area (Å²) in [6.45, 7) is 2.79. The van der Waals surface area contributed by atoms with Crippen LogP contribution in [0, 0.1) is 6.92 Å². The number of nitrogens with zero attached hydrogens (tertiary/aromatic N) is 2. The van der Waals surface area contributed by atoms with Gasteiger partial charge in [-0.25, -0.2) is 0 Å². The number of thiazole rings is 1. The maximum Gasteiger partial charge on any atom is 0.248 e. The highest BCUT2D eigenvalue weighted by atomic mass is 32.1. The summed E-state index contributed by atoms with van der Waals surface area (Å²) in [5.74, 6) is 0.724. The zero-order valence-corrected chi connectivity index (χ0v) is 15.8. The molecular weight excluding hydrogens is 344 g/mol. The van der Waals surface area contributed by atoms with Crippen molar-refractivity contribution in [2.75, 3.05) is 7.11 Å². The van der Waals surface area contributed by atoms with Crippen LogP contribution in [0.4, 0.5) is 0 Å². The quantitative estimate of drug-likeness (QED) is 0.662. The van der Waals surface area contributed by atoms with E-state index in [4.69, 9.17) is 4.74 Å². The van der Waals surface area contributed by atoms with Crippen molar-refractivity contribution in [2.45, 2.75) is 26.3 Å². The van der Waals surface area contributed by atoms with Gasteiger partial charge in [0.05, 0.1) is 7.11 Å². The molecule has 0 bridgehead atoms. The molecular formula is C21H22N2O2S.